The smallest absolute Gasteiger partial charge is 0.243 e. The van der Waals surface area contributed by atoms with E-state index in [1.165, 1.54) is 4.31 Å². The van der Waals surface area contributed by atoms with Crippen LogP contribution in [-0.4, -0.2) is 44.9 Å². The summed E-state index contributed by atoms with van der Waals surface area (Å²) in [7, 11) is -2.06. The molecule has 1 aliphatic heterocycles. The minimum atomic E-state index is -3.61. The summed E-state index contributed by atoms with van der Waals surface area (Å²) in [6.45, 7) is 6.45. The number of carbonyl (C=O) groups is 1. The lowest BCUT2D eigenvalue weighted by Crippen LogP contribution is -2.47. The van der Waals surface area contributed by atoms with Crippen molar-refractivity contribution in [3.05, 3.63) is 23.8 Å². The van der Waals surface area contributed by atoms with Crippen molar-refractivity contribution in [2.24, 2.45) is 5.92 Å². The molecule has 0 unspecified atom stereocenters. The lowest BCUT2D eigenvalue weighted by atomic mass is 9.98. The zero-order valence-corrected chi connectivity index (χ0v) is 16.2. The third-order valence-electron chi connectivity index (χ3n) is 4.76. The van der Waals surface area contributed by atoms with Crippen LogP contribution >= 0.6 is 0 Å². The number of amides is 1. The predicted octanol–water partition coefficient (Wildman–Crippen LogP) is 2.32. The number of rotatable bonds is 6. The predicted molar refractivity (Wildman–Crippen MR) is 97.1 cm³/mol. The van der Waals surface area contributed by atoms with Crippen LogP contribution in [0, 0.1) is 12.8 Å². The third kappa shape index (κ3) is 4.52. The number of benzene rings is 1. The summed E-state index contributed by atoms with van der Waals surface area (Å²) in [4.78, 5) is 12.6. The molecule has 1 aliphatic rings. The number of piperidine rings is 1. The lowest BCUT2D eigenvalue weighted by molar-refractivity contribution is -0.126. The Morgan fingerprint density at radius 2 is 2.16 bits per heavy atom. The molecule has 1 fully saturated rings. The zero-order valence-electron chi connectivity index (χ0n) is 15.4. The van der Waals surface area contributed by atoms with Gasteiger partial charge in [0.2, 0.25) is 15.9 Å². The summed E-state index contributed by atoms with van der Waals surface area (Å²) in [5.74, 6) is 0.306. The van der Waals surface area contributed by atoms with Gasteiger partial charge in [0.05, 0.1) is 17.9 Å². The first-order valence-corrected chi connectivity index (χ1v) is 10.2. The van der Waals surface area contributed by atoms with Crippen LogP contribution in [0.3, 0.4) is 0 Å². The van der Waals surface area contributed by atoms with Gasteiger partial charge in [-0.2, -0.15) is 4.31 Å². The highest BCUT2D eigenvalue weighted by molar-refractivity contribution is 7.89. The molecule has 6 nitrogen and oxygen atoms in total. The average Bonchev–Trinajstić information content (AvgIpc) is 2.61. The summed E-state index contributed by atoms with van der Waals surface area (Å²) < 4.78 is 32.5. The fourth-order valence-corrected chi connectivity index (χ4v) is 4.61. The largest absolute Gasteiger partial charge is 0.496 e. The highest BCUT2D eigenvalue weighted by Crippen LogP contribution is 2.27. The van der Waals surface area contributed by atoms with Gasteiger partial charge in [-0.3, -0.25) is 4.79 Å². The summed E-state index contributed by atoms with van der Waals surface area (Å²) in [5, 5.41) is 2.96. The molecule has 1 saturated heterocycles. The molecular formula is C18H28N2O4S. The molecule has 25 heavy (non-hydrogen) atoms. The average molecular weight is 368 g/mol. The first-order valence-electron chi connectivity index (χ1n) is 8.74. The van der Waals surface area contributed by atoms with Crippen molar-refractivity contribution in [3.63, 3.8) is 0 Å². The van der Waals surface area contributed by atoms with Crippen LogP contribution in [0.25, 0.3) is 0 Å². The lowest BCUT2D eigenvalue weighted by Gasteiger charge is -2.32. The number of nitrogens with zero attached hydrogens (tertiary/aromatic N) is 1. The van der Waals surface area contributed by atoms with E-state index in [0.717, 1.165) is 18.4 Å². The number of nitrogens with one attached hydrogen (secondary N) is 1. The molecule has 0 aromatic heterocycles. The number of ether oxygens (including phenoxy) is 1. The van der Waals surface area contributed by atoms with Crippen LogP contribution in [0.2, 0.25) is 0 Å². The number of methoxy groups -OCH3 is 1. The fourth-order valence-electron chi connectivity index (χ4n) is 3.00. The van der Waals surface area contributed by atoms with Crippen molar-refractivity contribution in [1.82, 2.24) is 9.62 Å². The van der Waals surface area contributed by atoms with Gasteiger partial charge in [-0.15, -0.1) is 0 Å². The SMILES string of the molecule is CC[C@H](C)NC(=O)[C@@H]1CCCN(S(=O)(=O)c2ccc(OC)c(C)c2)C1. The molecule has 1 amide bonds. The number of hydrogen-bond donors (Lipinski definition) is 1. The minimum Gasteiger partial charge on any atom is -0.496 e. The van der Waals surface area contributed by atoms with E-state index < -0.39 is 10.0 Å². The van der Waals surface area contributed by atoms with Crippen LogP contribution in [0.4, 0.5) is 0 Å². The van der Waals surface area contributed by atoms with Crippen molar-refractivity contribution in [2.45, 2.75) is 51.0 Å². The van der Waals surface area contributed by atoms with Crippen LogP contribution in [-0.2, 0) is 14.8 Å². The second kappa shape index (κ2) is 8.19. The molecule has 0 spiro atoms. The Hall–Kier alpha value is -1.60. The first kappa shape index (κ1) is 19.7. The van der Waals surface area contributed by atoms with E-state index in [2.05, 4.69) is 5.32 Å². The van der Waals surface area contributed by atoms with E-state index in [-0.39, 0.29) is 29.3 Å². The Morgan fingerprint density at radius 1 is 1.44 bits per heavy atom. The van der Waals surface area contributed by atoms with Crippen molar-refractivity contribution in [3.8, 4) is 5.75 Å². The summed E-state index contributed by atoms with van der Waals surface area (Å²) in [6.07, 6.45) is 2.26. The maximum atomic E-state index is 12.9. The first-order chi connectivity index (χ1) is 11.8. The Kier molecular flexibility index (Phi) is 6.46. The molecule has 1 aromatic carbocycles. The van der Waals surface area contributed by atoms with Crippen molar-refractivity contribution in [2.75, 3.05) is 20.2 Å². The standard InChI is InChI=1S/C18H28N2O4S/c1-5-14(3)19-18(21)15-7-6-10-20(12-15)25(22,23)16-8-9-17(24-4)13(2)11-16/h8-9,11,14-15H,5-7,10,12H2,1-4H3,(H,19,21)/t14-,15+/m0/s1. The Balaban J connectivity index is 2.16. The molecule has 140 valence electrons. The van der Waals surface area contributed by atoms with E-state index in [9.17, 15) is 13.2 Å². The van der Waals surface area contributed by atoms with Crippen molar-refractivity contribution >= 4 is 15.9 Å². The van der Waals surface area contributed by atoms with Crippen molar-refractivity contribution in [1.29, 1.82) is 0 Å². The van der Waals surface area contributed by atoms with Gasteiger partial charge in [-0.25, -0.2) is 8.42 Å². The number of aryl methyl sites for hydroxylation is 1. The molecule has 0 radical (unpaired) electrons. The van der Waals surface area contributed by atoms with Crippen LogP contribution in [0.5, 0.6) is 5.75 Å². The Morgan fingerprint density at radius 3 is 2.76 bits per heavy atom. The van der Waals surface area contributed by atoms with E-state index in [1.807, 2.05) is 20.8 Å². The summed E-state index contributed by atoms with van der Waals surface area (Å²) >= 11 is 0. The molecule has 2 atom stereocenters. The fraction of sp³-hybridized carbons (Fsp3) is 0.611. The van der Waals surface area contributed by atoms with E-state index in [4.69, 9.17) is 4.74 Å². The van der Waals surface area contributed by atoms with Crippen molar-refractivity contribution < 1.29 is 17.9 Å². The maximum absolute atomic E-state index is 12.9. The van der Waals surface area contributed by atoms with Crippen LogP contribution in [0.1, 0.15) is 38.7 Å². The third-order valence-corrected chi connectivity index (χ3v) is 6.62. The maximum Gasteiger partial charge on any atom is 0.243 e. The number of carbonyl (C=O) groups excluding carboxylic acids is 1. The number of hydrogen-bond acceptors (Lipinski definition) is 4. The molecule has 2 rings (SSSR count). The van der Waals surface area contributed by atoms with Crippen LogP contribution < -0.4 is 10.1 Å². The highest BCUT2D eigenvalue weighted by Gasteiger charge is 2.33. The van der Waals surface area contributed by atoms with Gasteiger partial charge in [0.25, 0.3) is 0 Å². The monoisotopic (exact) mass is 368 g/mol. The molecule has 1 aromatic rings. The quantitative estimate of drug-likeness (QED) is 0.836. The molecule has 0 saturated carbocycles. The molecular weight excluding hydrogens is 340 g/mol. The highest BCUT2D eigenvalue weighted by atomic mass is 32.2. The van der Waals surface area contributed by atoms with E-state index >= 15 is 0 Å². The van der Waals surface area contributed by atoms with Gasteiger partial charge >= 0.3 is 0 Å². The normalized spacial score (nSPS) is 20.1. The van der Waals surface area contributed by atoms with Gasteiger partial charge in [0.15, 0.2) is 0 Å². The zero-order chi connectivity index (χ0) is 18.6. The van der Waals surface area contributed by atoms with Gasteiger partial charge in [-0.1, -0.05) is 6.92 Å². The topological polar surface area (TPSA) is 75.7 Å². The molecule has 7 heteroatoms. The van der Waals surface area contributed by atoms with Crippen LogP contribution in [0.15, 0.2) is 23.1 Å². The molecule has 0 bridgehead atoms. The second-order valence-electron chi connectivity index (χ2n) is 6.65. The summed E-state index contributed by atoms with van der Waals surface area (Å²) in [6, 6.07) is 4.95. The van der Waals surface area contributed by atoms with Gasteiger partial charge in [-0.05, 0) is 56.9 Å². The Labute approximate surface area is 150 Å². The number of sulfonamides is 1. The van der Waals surface area contributed by atoms with Gasteiger partial charge < -0.3 is 10.1 Å². The Bertz CT molecular complexity index is 718. The van der Waals surface area contributed by atoms with Gasteiger partial charge in [0.1, 0.15) is 5.75 Å². The van der Waals surface area contributed by atoms with E-state index in [1.54, 1.807) is 25.3 Å². The van der Waals surface area contributed by atoms with Gasteiger partial charge in [0, 0.05) is 19.1 Å². The minimum absolute atomic E-state index is 0.0554. The molecule has 0 aliphatic carbocycles. The van der Waals surface area contributed by atoms with E-state index in [0.29, 0.717) is 18.7 Å². The second-order valence-corrected chi connectivity index (χ2v) is 8.59. The summed E-state index contributed by atoms with van der Waals surface area (Å²) in [5.41, 5.74) is 0.770. The molecule has 1 heterocycles. The molecule has 1 N–H and O–H groups in total.